The van der Waals surface area contributed by atoms with Gasteiger partial charge >= 0.3 is 0 Å². The quantitative estimate of drug-likeness (QED) is 0.685. The summed E-state index contributed by atoms with van der Waals surface area (Å²) in [5.74, 6) is -0.0525. The van der Waals surface area contributed by atoms with E-state index < -0.39 is 0 Å². The summed E-state index contributed by atoms with van der Waals surface area (Å²) in [5.41, 5.74) is 0.816. The van der Waals surface area contributed by atoms with E-state index in [2.05, 4.69) is 12.2 Å². The Morgan fingerprint density at radius 2 is 2.24 bits per heavy atom. The van der Waals surface area contributed by atoms with Gasteiger partial charge in [0.15, 0.2) is 11.6 Å². The van der Waals surface area contributed by atoms with Gasteiger partial charge in [-0.1, -0.05) is 19.1 Å². The second-order valence-electron chi connectivity index (χ2n) is 3.83. The molecule has 0 aromatic heterocycles. The highest BCUT2D eigenvalue weighted by Crippen LogP contribution is 2.22. The van der Waals surface area contributed by atoms with Crippen LogP contribution in [0.2, 0.25) is 0 Å². The molecule has 17 heavy (non-hydrogen) atoms. The number of benzene rings is 1. The molecule has 0 aliphatic rings. The number of hydrogen-bond donors (Lipinski definition) is 2. The van der Waals surface area contributed by atoms with Gasteiger partial charge in [0.05, 0.1) is 6.61 Å². The van der Waals surface area contributed by atoms with Crippen LogP contribution in [0.4, 0.5) is 4.39 Å². The van der Waals surface area contributed by atoms with Gasteiger partial charge in [-0.15, -0.1) is 0 Å². The number of rotatable bonds is 8. The summed E-state index contributed by atoms with van der Waals surface area (Å²) < 4.78 is 18.9. The van der Waals surface area contributed by atoms with Crippen LogP contribution in [0.3, 0.4) is 0 Å². The van der Waals surface area contributed by atoms with E-state index in [0.29, 0.717) is 25.3 Å². The molecule has 4 heteroatoms. The predicted octanol–water partition coefficient (Wildman–Crippen LogP) is 2.09. The lowest BCUT2D eigenvalue weighted by Crippen LogP contribution is -2.15. The zero-order valence-corrected chi connectivity index (χ0v) is 10.2. The molecule has 0 spiro atoms. The van der Waals surface area contributed by atoms with Gasteiger partial charge in [-0.2, -0.15) is 0 Å². The van der Waals surface area contributed by atoms with Crippen LogP contribution in [0.25, 0.3) is 0 Å². The third-order valence-corrected chi connectivity index (χ3v) is 2.34. The summed E-state index contributed by atoms with van der Waals surface area (Å²) in [6.07, 6.45) is 1.55. The molecule has 2 N–H and O–H groups in total. The minimum Gasteiger partial charge on any atom is -0.490 e. The number of aliphatic hydroxyl groups excluding tert-OH is 1. The molecular formula is C13H20FNO2. The fourth-order valence-electron chi connectivity index (χ4n) is 1.49. The number of nitrogens with one attached hydrogen (secondary N) is 1. The zero-order valence-electron chi connectivity index (χ0n) is 10.2. The first-order valence-corrected chi connectivity index (χ1v) is 6.01. The fourth-order valence-corrected chi connectivity index (χ4v) is 1.49. The average Bonchev–Trinajstić information content (AvgIpc) is 2.33. The largest absolute Gasteiger partial charge is 0.490 e. The molecule has 1 aromatic rings. The molecule has 3 nitrogen and oxygen atoms in total. The van der Waals surface area contributed by atoms with Crippen molar-refractivity contribution in [2.75, 3.05) is 19.8 Å². The molecule has 0 fully saturated rings. The monoisotopic (exact) mass is 241 g/mol. The highest BCUT2D eigenvalue weighted by atomic mass is 19.1. The van der Waals surface area contributed by atoms with Crippen molar-refractivity contribution < 1.29 is 14.2 Å². The molecule has 0 saturated carbocycles. The highest BCUT2D eigenvalue weighted by molar-refractivity contribution is 5.34. The van der Waals surface area contributed by atoms with Crippen molar-refractivity contribution in [1.82, 2.24) is 5.32 Å². The number of ether oxygens (including phenoxy) is 1. The van der Waals surface area contributed by atoms with Crippen LogP contribution in [0.15, 0.2) is 18.2 Å². The van der Waals surface area contributed by atoms with Crippen LogP contribution >= 0.6 is 0 Å². The molecule has 0 heterocycles. The van der Waals surface area contributed by atoms with Crippen molar-refractivity contribution in [3.8, 4) is 5.75 Å². The first kappa shape index (κ1) is 13.9. The van der Waals surface area contributed by atoms with Crippen LogP contribution in [0.1, 0.15) is 25.3 Å². The van der Waals surface area contributed by atoms with Crippen molar-refractivity contribution in [2.45, 2.75) is 26.3 Å². The second-order valence-corrected chi connectivity index (χ2v) is 3.83. The second kappa shape index (κ2) is 8.03. The lowest BCUT2D eigenvalue weighted by atomic mass is 10.2. The van der Waals surface area contributed by atoms with Gasteiger partial charge in [0.25, 0.3) is 0 Å². The van der Waals surface area contributed by atoms with E-state index in [4.69, 9.17) is 9.84 Å². The van der Waals surface area contributed by atoms with E-state index in [1.165, 1.54) is 6.07 Å². The van der Waals surface area contributed by atoms with E-state index >= 15 is 0 Å². The van der Waals surface area contributed by atoms with Crippen molar-refractivity contribution in [3.05, 3.63) is 29.6 Å². The molecule has 0 unspecified atom stereocenters. The van der Waals surface area contributed by atoms with E-state index in [0.717, 1.165) is 18.5 Å². The molecule has 96 valence electrons. The lowest BCUT2D eigenvalue weighted by Gasteiger charge is -2.12. The lowest BCUT2D eigenvalue weighted by molar-refractivity contribution is 0.227. The first-order valence-electron chi connectivity index (χ1n) is 6.01. The maximum absolute atomic E-state index is 13.6. The minimum atomic E-state index is -0.348. The summed E-state index contributed by atoms with van der Waals surface area (Å²) in [4.78, 5) is 0. The molecule has 0 radical (unpaired) electrons. The van der Waals surface area contributed by atoms with Crippen LogP contribution in [-0.4, -0.2) is 24.9 Å². The smallest absolute Gasteiger partial charge is 0.165 e. The first-order chi connectivity index (χ1) is 8.29. The number of halogens is 1. The molecule has 1 aromatic carbocycles. The molecule has 0 bridgehead atoms. The molecular weight excluding hydrogens is 221 g/mol. The Balaban J connectivity index is 2.63. The Hall–Kier alpha value is -1.13. The molecule has 0 aliphatic heterocycles. The van der Waals surface area contributed by atoms with Crippen molar-refractivity contribution in [2.24, 2.45) is 0 Å². The van der Waals surface area contributed by atoms with Crippen LogP contribution in [-0.2, 0) is 6.54 Å². The minimum absolute atomic E-state index is 0.0534. The number of para-hydroxylation sites is 1. The third-order valence-electron chi connectivity index (χ3n) is 2.34. The Kier molecular flexibility index (Phi) is 6.58. The summed E-state index contributed by atoms with van der Waals surface area (Å²) in [7, 11) is 0. The summed E-state index contributed by atoms with van der Waals surface area (Å²) in [6.45, 7) is 3.96. The Labute approximate surface area is 102 Å². The Bertz CT molecular complexity index is 331. The molecule has 0 atom stereocenters. The average molecular weight is 241 g/mol. The van der Waals surface area contributed by atoms with Gasteiger partial charge < -0.3 is 15.2 Å². The SMILES string of the molecule is CCCNCc1cccc(F)c1OCCCO. The van der Waals surface area contributed by atoms with Gasteiger partial charge in [-0.25, -0.2) is 4.39 Å². The van der Waals surface area contributed by atoms with Crippen LogP contribution in [0.5, 0.6) is 5.75 Å². The number of aliphatic hydroxyl groups is 1. The van der Waals surface area contributed by atoms with Crippen LogP contribution < -0.4 is 10.1 Å². The normalized spacial score (nSPS) is 10.5. The maximum Gasteiger partial charge on any atom is 0.165 e. The van der Waals surface area contributed by atoms with E-state index in [1.54, 1.807) is 6.07 Å². The summed E-state index contributed by atoms with van der Waals surface area (Å²) >= 11 is 0. The van der Waals surface area contributed by atoms with Crippen molar-refractivity contribution in [3.63, 3.8) is 0 Å². The summed E-state index contributed by atoms with van der Waals surface area (Å²) in [6, 6.07) is 4.91. The highest BCUT2D eigenvalue weighted by Gasteiger charge is 2.09. The summed E-state index contributed by atoms with van der Waals surface area (Å²) in [5, 5.41) is 11.9. The standard InChI is InChI=1S/C13H20FNO2/c1-2-7-15-10-11-5-3-6-12(14)13(11)17-9-4-8-16/h3,5-6,15-16H,2,4,7-10H2,1H3. The zero-order chi connectivity index (χ0) is 12.5. The van der Waals surface area contributed by atoms with Gasteiger partial charge in [-0.05, 0) is 19.0 Å². The maximum atomic E-state index is 13.6. The topological polar surface area (TPSA) is 41.5 Å². The Morgan fingerprint density at radius 3 is 2.94 bits per heavy atom. The van der Waals surface area contributed by atoms with E-state index in [1.807, 2.05) is 6.07 Å². The van der Waals surface area contributed by atoms with Gasteiger partial charge in [0, 0.05) is 25.1 Å². The molecule has 0 saturated heterocycles. The van der Waals surface area contributed by atoms with Gasteiger partial charge in [0.1, 0.15) is 0 Å². The van der Waals surface area contributed by atoms with Crippen molar-refractivity contribution in [1.29, 1.82) is 0 Å². The molecule has 0 aliphatic carbocycles. The van der Waals surface area contributed by atoms with Crippen molar-refractivity contribution >= 4 is 0 Å². The molecule has 1 rings (SSSR count). The Morgan fingerprint density at radius 1 is 1.41 bits per heavy atom. The van der Waals surface area contributed by atoms with E-state index in [-0.39, 0.29) is 12.4 Å². The fraction of sp³-hybridized carbons (Fsp3) is 0.538. The predicted molar refractivity (Wildman–Crippen MR) is 65.6 cm³/mol. The van der Waals surface area contributed by atoms with Crippen LogP contribution in [0, 0.1) is 5.82 Å². The van der Waals surface area contributed by atoms with Gasteiger partial charge in [0.2, 0.25) is 0 Å². The third kappa shape index (κ3) is 4.71. The number of hydrogen-bond acceptors (Lipinski definition) is 3. The molecule has 0 amide bonds. The van der Waals surface area contributed by atoms with E-state index in [9.17, 15) is 4.39 Å². The van der Waals surface area contributed by atoms with Gasteiger partial charge in [-0.3, -0.25) is 0 Å².